The van der Waals surface area contributed by atoms with E-state index in [-0.39, 0.29) is 16.8 Å². The summed E-state index contributed by atoms with van der Waals surface area (Å²) >= 11 is 6.21. The molecular formula is C28H24ClN3O5. The monoisotopic (exact) mass is 517 g/mol. The van der Waals surface area contributed by atoms with Crippen LogP contribution in [0.3, 0.4) is 0 Å². The van der Waals surface area contributed by atoms with Crippen LogP contribution >= 0.6 is 11.6 Å². The van der Waals surface area contributed by atoms with E-state index >= 15 is 0 Å². The quantitative estimate of drug-likeness (QED) is 0.328. The minimum absolute atomic E-state index is 0.0753. The van der Waals surface area contributed by atoms with Gasteiger partial charge in [-0.3, -0.25) is 14.4 Å². The molecule has 0 aliphatic carbocycles. The summed E-state index contributed by atoms with van der Waals surface area (Å²) in [6.07, 6.45) is -0.235. The highest BCUT2D eigenvalue weighted by atomic mass is 35.5. The number of hydrogen-bond acceptors (Lipinski definition) is 6. The van der Waals surface area contributed by atoms with Crippen LogP contribution in [0.4, 0.5) is 17.1 Å². The number of ether oxygens (including phenoxy) is 1. The molecule has 188 valence electrons. The van der Waals surface area contributed by atoms with Crippen molar-refractivity contribution in [2.75, 3.05) is 15.5 Å². The highest BCUT2D eigenvalue weighted by Crippen LogP contribution is 2.30. The maximum Gasteiger partial charge on any atom is 0.338 e. The Morgan fingerprint density at radius 2 is 1.54 bits per heavy atom. The number of halogens is 1. The van der Waals surface area contributed by atoms with Crippen molar-refractivity contribution in [1.29, 1.82) is 0 Å². The van der Waals surface area contributed by atoms with Gasteiger partial charge in [0, 0.05) is 16.9 Å². The van der Waals surface area contributed by atoms with Gasteiger partial charge >= 0.3 is 5.97 Å². The number of carbonyl (C=O) groups is 4. The molecule has 0 bridgehead atoms. The number of rotatable bonds is 7. The SMILES string of the molecule is Cc1ccc(N2C(=O)C(Cl)=C(Nc3cccc(C(=O)Nc4ccc(C(=O)OC(C)C)cc4)c3)C2=O)cc1. The van der Waals surface area contributed by atoms with Crippen LogP contribution in [0.1, 0.15) is 40.1 Å². The lowest BCUT2D eigenvalue weighted by Crippen LogP contribution is -2.32. The number of carbonyl (C=O) groups excluding carboxylic acids is 4. The maximum absolute atomic E-state index is 13.0. The van der Waals surface area contributed by atoms with Crippen LogP contribution in [0.15, 0.2) is 83.5 Å². The van der Waals surface area contributed by atoms with Crippen molar-refractivity contribution in [3.05, 3.63) is 100 Å². The predicted molar refractivity (Wildman–Crippen MR) is 142 cm³/mol. The van der Waals surface area contributed by atoms with Crippen LogP contribution in [0.25, 0.3) is 0 Å². The Bertz CT molecular complexity index is 1410. The fraction of sp³-hybridized carbons (Fsp3) is 0.143. The summed E-state index contributed by atoms with van der Waals surface area (Å²) in [5.74, 6) is -2.07. The zero-order valence-corrected chi connectivity index (χ0v) is 21.1. The number of imide groups is 1. The van der Waals surface area contributed by atoms with Crippen LogP contribution in [0, 0.1) is 6.92 Å². The van der Waals surface area contributed by atoms with Gasteiger partial charge in [-0.2, -0.15) is 0 Å². The van der Waals surface area contributed by atoms with Gasteiger partial charge in [0.05, 0.1) is 17.4 Å². The molecule has 0 fully saturated rings. The van der Waals surface area contributed by atoms with Gasteiger partial charge in [-0.15, -0.1) is 0 Å². The molecule has 0 radical (unpaired) electrons. The summed E-state index contributed by atoms with van der Waals surface area (Å²) in [4.78, 5) is 51.5. The third-order valence-corrected chi connectivity index (χ3v) is 5.79. The van der Waals surface area contributed by atoms with Crippen molar-refractivity contribution in [2.24, 2.45) is 0 Å². The first-order valence-electron chi connectivity index (χ1n) is 11.5. The molecule has 3 amide bonds. The van der Waals surface area contributed by atoms with E-state index in [0.717, 1.165) is 10.5 Å². The molecule has 8 nitrogen and oxygen atoms in total. The van der Waals surface area contributed by atoms with E-state index in [1.807, 2.05) is 6.92 Å². The van der Waals surface area contributed by atoms with E-state index in [9.17, 15) is 19.2 Å². The van der Waals surface area contributed by atoms with Gasteiger partial charge in [-0.1, -0.05) is 35.4 Å². The summed E-state index contributed by atoms with van der Waals surface area (Å²) in [6.45, 7) is 5.43. The molecule has 4 rings (SSSR count). The normalized spacial score (nSPS) is 13.3. The van der Waals surface area contributed by atoms with Crippen molar-refractivity contribution in [1.82, 2.24) is 0 Å². The van der Waals surface area contributed by atoms with Crippen LogP contribution in [-0.2, 0) is 14.3 Å². The largest absolute Gasteiger partial charge is 0.459 e. The van der Waals surface area contributed by atoms with Gasteiger partial charge in [0.25, 0.3) is 17.7 Å². The number of nitrogens with one attached hydrogen (secondary N) is 2. The second-order valence-corrected chi connectivity index (χ2v) is 9.04. The smallest absolute Gasteiger partial charge is 0.338 e. The second kappa shape index (κ2) is 10.7. The number of benzene rings is 3. The minimum Gasteiger partial charge on any atom is -0.459 e. The lowest BCUT2D eigenvalue weighted by Gasteiger charge is -2.15. The van der Waals surface area contributed by atoms with Gasteiger partial charge in [-0.25, -0.2) is 9.69 Å². The summed E-state index contributed by atoms with van der Waals surface area (Å²) in [6, 6.07) is 19.7. The van der Waals surface area contributed by atoms with Crippen molar-refractivity contribution in [2.45, 2.75) is 26.9 Å². The lowest BCUT2D eigenvalue weighted by molar-refractivity contribution is -0.120. The Morgan fingerprint density at radius 1 is 0.865 bits per heavy atom. The predicted octanol–water partition coefficient (Wildman–Crippen LogP) is 5.25. The molecular weight excluding hydrogens is 494 g/mol. The average molecular weight is 518 g/mol. The summed E-state index contributed by atoms with van der Waals surface area (Å²) in [5.41, 5.74) is 2.89. The van der Waals surface area contributed by atoms with Gasteiger partial charge < -0.3 is 15.4 Å². The second-order valence-electron chi connectivity index (χ2n) is 8.66. The first-order chi connectivity index (χ1) is 17.6. The number of nitrogens with zero attached hydrogens (tertiary/aromatic N) is 1. The zero-order valence-electron chi connectivity index (χ0n) is 20.4. The van der Waals surface area contributed by atoms with Gasteiger partial charge in [0.1, 0.15) is 10.7 Å². The third-order valence-electron chi connectivity index (χ3n) is 5.43. The molecule has 37 heavy (non-hydrogen) atoms. The van der Waals surface area contributed by atoms with E-state index in [0.29, 0.717) is 28.2 Å². The standard InChI is InChI=1S/C28H24ClN3O5/c1-16(2)37-28(36)18-9-11-20(12-10-18)31-25(33)19-5-4-6-21(15-19)30-24-23(29)26(34)32(27(24)35)22-13-7-17(3)8-14-22/h4-16,30H,1-3H3,(H,31,33). The van der Waals surface area contributed by atoms with Crippen LogP contribution < -0.4 is 15.5 Å². The first kappa shape index (κ1) is 25.7. The van der Waals surface area contributed by atoms with E-state index in [4.69, 9.17) is 16.3 Å². The molecule has 3 aromatic rings. The molecule has 1 heterocycles. The summed E-state index contributed by atoms with van der Waals surface area (Å²) in [7, 11) is 0. The Kier molecular flexibility index (Phi) is 7.40. The number of esters is 1. The molecule has 0 spiro atoms. The average Bonchev–Trinajstić information content (AvgIpc) is 3.08. The number of anilines is 3. The Balaban J connectivity index is 1.46. The fourth-order valence-electron chi connectivity index (χ4n) is 3.60. The highest BCUT2D eigenvalue weighted by Gasteiger charge is 2.38. The fourth-order valence-corrected chi connectivity index (χ4v) is 3.81. The van der Waals surface area contributed by atoms with E-state index in [1.165, 1.54) is 6.07 Å². The zero-order chi connectivity index (χ0) is 26.7. The van der Waals surface area contributed by atoms with E-state index < -0.39 is 23.7 Å². The number of hydrogen-bond donors (Lipinski definition) is 2. The molecule has 1 aliphatic rings. The van der Waals surface area contributed by atoms with Gasteiger partial charge in [0.2, 0.25) is 0 Å². The van der Waals surface area contributed by atoms with Crippen LogP contribution in [0.2, 0.25) is 0 Å². The molecule has 0 unspecified atom stereocenters. The number of amides is 3. The molecule has 0 atom stereocenters. The van der Waals surface area contributed by atoms with E-state index in [2.05, 4.69) is 10.6 Å². The van der Waals surface area contributed by atoms with Crippen molar-refractivity contribution < 1.29 is 23.9 Å². The first-order valence-corrected chi connectivity index (χ1v) is 11.9. The molecule has 1 aliphatic heterocycles. The Labute approximate surface area is 218 Å². The van der Waals surface area contributed by atoms with Gasteiger partial charge in [0.15, 0.2) is 0 Å². The van der Waals surface area contributed by atoms with Crippen molar-refractivity contribution >= 4 is 52.4 Å². The lowest BCUT2D eigenvalue weighted by atomic mass is 10.1. The highest BCUT2D eigenvalue weighted by molar-refractivity contribution is 6.53. The minimum atomic E-state index is -0.632. The van der Waals surface area contributed by atoms with E-state index in [1.54, 1.807) is 80.6 Å². The molecule has 2 N–H and O–H groups in total. The Morgan fingerprint density at radius 3 is 2.19 bits per heavy atom. The summed E-state index contributed by atoms with van der Waals surface area (Å²) in [5, 5.41) is 5.40. The molecule has 0 saturated carbocycles. The van der Waals surface area contributed by atoms with Crippen LogP contribution in [0.5, 0.6) is 0 Å². The molecule has 0 saturated heterocycles. The van der Waals surface area contributed by atoms with Crippen LogP contribution in [-0.4, -0.2) is 29.8 Å². The van der Waals surface area contributed by atoms with Gasteiger partial charge in [-0.05, 0) is 75.4 Å². The molecule has 9 heteroatoms. The topological polar surface area (TPSA) is 105 Å². The van der Waals surface area contributed by atoms with Crippen molar-refractivity contribution in [3.8, 4) is 0 Å². The Hall–Kier alpha value is -4.43. The molecule has 0 aromatic heterocycles. The maximum atomic E-state index is 13.0. The molecule has 3 aromatic carbocycles. The van der Waals surface area contributed by atoms with Crippen molar-refractivity contribution in [3.63, 3.8) is 0 Å². The third kappa shape index (κ3) is 5.70. The number of aryl methyl sites for hydroxylation is 1. The summed E-state index contributed by atoms with van der Waals surface area (Å²) < 4.78 is 5.16.